The Hall–Kier alpha value is -2.96. The molecular formula is C18H12F3NO3. The van der Waals surface area contributed by atoms with Crippen LogP contribution < -0.4 is 0 Å². The van der Waals surface area contributed by atoms with Crippen LogP contribution in [0.15, 0.2) is 36.4 Å². The number of benzene rings is 2. The first-order chi connectivity index (χ1) is 11.9. The highest BCUT2D eigenvalue weighted by atomic mass is 19.2. The van der Waals surface area contributed by atoms with Gasteiger partial charge in [0.05, 0.1) is 17.2 Å². The third kappa shape index (κ3) is 2.93. The number of aldehydes is 1. The molecule has 2 amide bonds. The molecule has 4 nitrogen and oxygen atoms in total. The number of hydrogen-bond donors (Lipinski definition) is 0. The molecule has 3 rings (SSSR count). The minimum atomic E-state index is -1.34. The minimum absolute atomic E-state index is 0.189. The van der Waals surface area contributed by atoms with Crippen LogP contribution in [0.25, 0.3) is 0 Å². The van der Waals surface area contributed by atoms with Crippen molar-refractivity contribution < 1.29 is 27.6 Å². The van der Waals surface area contributed by atoms with E-state index in [2.05, 4.69) is 0 Å². The Balaban J connectivity index is 1.95. The minimum Gasteiger partial charge on any atom is -0.303 e. The second kappa shape index (κ2) is 6.51. The number of imide groups is 1. The Bertz CT molecular complexity index is 847. The van der Waals surface area contributed by atoms with Gasteiger partial charge in [-0.25, -0.2) is 13.2 Å². The SMILES string of the molecule is O=CCC(Cc1cc(F)c(F)cc1F)N1C(=O)c2ccccc2C1=O. The Morgan fingerprint density at radius 1 is 0.920 bits per heavy atom. The molecule has 0 bridgehead atoms. The first kappa shape index (κ1) is 16.9. The molecule has 0 N–H and O–H groups in total. The van der Waals surface area contributed by atoms with Crippen molar-refractivity contribution in [2.24, 2.45) is 0 Å². The Morgan fingerprint density at radius 2 is 1.48 bits per heavy atom. The van der Waals surface area contributed by atoms with Crippen LogP contribution in [0.3, 0.4) is 0 Å². The maximum atomic E-state index is 13.9. The molecule has 2 aromatic rings. The van der Waals surface area contributed by atoms with Crippen molar-refractivity contribution >= 4 is 18.1 Å². The van der Waals surface area contributed by atoms with Gasteiger partial charge in [-0.05, 0) is 30.2 Å². The largest absolute Gasteiger partial charge is 0.303 e. The summed E-state index contributed by atoms with van der Waals surface area (Å²) in [5, 5.41) is 0. The summed E-state index contributed by atoms with van der Waals surface area (Å²) in [7, 11) is 0. The average molecular weight is 347 g/mol. The number of fused-ring (bicyclic) bond motifs is 1. The number of carbonyl (C=O) groups is 3. The molecule has 25 heavy (non-hydrogen) atoms. The summed E-state index contributed by atoms with van der Waals surface area (Å²) in [6.07, 6.45) is -0.0524. The van der Waals surface area contributed by atoms with E-state index in [1.807, 2.05) is 0 Å². The molecule has 1 heterocycles. The number of halogens is 3. The fraction of sp³-hybridized carbons (Fsp3) is 0.167. The fourth-order valence-corrected chi connectivity index (χ4v) is 2.90. The van der Waals surface area contributed by atoms with E-state index in [1.54, 1.807) is 12.1 Å². The summed E-state index contributed by atoms with van der Waals surface area (Å²) in [5.41, 5.74) is 0.158. The van der Waals surface area contributed by atoms with Gasteiger partial charge in [0.2, 0.25) is 0 Å². The lowest BCUT2D eigenvalue weighted by Gasteiger charge is -2.25. The molecule has 0 aliphatic carbocycles. The summed E-state index contributed by atoms with van der Waals surface area (Å²) in [6, 6.07) is 6.21. The Kier molecular flexibility index (Phi) is 4.39. The molecule has 0 radical (unpaired) electrons. The summed E-state index contributed by atoms with van der Waals surface area (Å²) >= 11 is 0. The van der Waals surface area contributed by atoms with Crippen molar-refractivity contribution in [2.45, 2.75) is 18.9 Å². The molecule has 0 fully saturated rings. The fourth-order valence-electron chi connectivity index (χ4n) is 2.90. The van der Waals surface area contributed by atoms with Crippen molar-refractivity contribution in [2.75, 3.05) is 0 Å². The highest BCUT2D eigenvalue weighted by Gasteiger charge is 2.39. The molecule has 0 spiro atoms. The highest BCUT2D eigenvalue weighted by Crippen LogP contribution is 2.27. The van der Waals surface area contributed by atoms with E-state index in [1.165, 1.54) is 12.1 Å². The van der Waals surface area contributed by atoms with E-state index in [-0.39, 0.29) is 29.5 Å². The van der Waals surface area contributed by atoms with Crippen LogP contribution in [0.2, 0.25) is 0 Å². The van der Waals surface area contributed by atoms with Crippen molar-refractivity contribution in [1.29, 1.82) is 0 Å². The Morgan fingerprint density at radius 3 is 2.04 bits per heavy atom. The molecule has 7 heteroatoms. The van der Waals surface area contributed by atoms with Gasteiger partial charge in [-0.2, -0.15) is 0 Å². The van der Waals surface area contributed by atoms with Gasteiger partial charge in [0.25, 0.3) is 11.8 Å². The van der Waals surface area contributed by atoms with Gasteiger partial charge in [0.1, 0.15) is 12.1 Å². The number of nitrogens with zero attached hydrogens (tertiary/aromatic N) is 1. The molecular weight excluding hydrogens is 335 g/mol. The smallest absolute Gasteiger partial charge is 0.261 e. The van der Waals surface area contributed by atoms with Gasteiger partial charge in [-0.15, -0.1) is 0 Å². The summed E-state index contributed by atoms with van der Waals surface area (Å²) in [6.45, 7) is 0. The molecule has 1 atom stereocenters. The number of rotatable bonds is 5. The van der Waals surface area contributed by atoms with Crippen molar-refractivity contribution in [3.63, 3.8) is 0 Å². The van der Waals surface area contributed by atoms with Crippen molar-refractivity contribution in [1.82, 2.24) is 4.90 Å². The predicted molar refractivity (Wildman–Crippen MR) is 81.4 cm³/mol. The van der Waals surface area contributed by atoms with Gasteiger partial charge in [0, 0.05) is 12.5 Å². The topological polar surface area (TPSA) is 54.5 Å². The van der Waals surface area contributed by atoms with E-state index < -0.39 is 35.3 Å². The molecule has 1 unspecified atom stereocenters. The van der Waals surface area contributed by atoms with Gasteiger partial charge in [-0.3, -0.25) is 14.5 Å². The van der Waals surface area contributed by atoms with Gasteiger partial charge >= 0.3 is 0 Å². The third-order valence-corrected chi connectivity index (χ3v) is 4.10. The molecule has 0 saturated carbocycles. The zero-order chi connectivity index (χ0) is 18.1. The zero-order valence-electron chi connectivity index (χ0n) is 12.8. The first-order valence-corrected chi connectivity index (χ1v) is 7.48. The summed E-state index contributed by atoms with van der Waals surface area (Å²) in [5.74, 6) is -4.80. The number of amides is 2. The summed E-state index contributed by atoms with van der Waals surface area (Å²) in [4.78, 5) is 36.8. The van der Waals surface area contributed by atoms with Crippen LogP contribution in [0, 0.1) is 17.5 Å². The third-order valence-electron chi connectivity index (χ3n) is 4.10. The van der Waals surface area contributed by atoms with E-state index in [0.29, 0.717) is 18.4 Å². The van der Waals surface area contributed by atoms with E-state index >= 15 is 0 Å². The van der Waals surface area contributed by atoms with Crippen LogP contribution in [0.4, 0.5) is 13.2 Å². The standard InChI is InChI=1S/C18H12F3NO3/c19-14-9-16(21)15(20)8-10(14)7-11(5-6-23)22-17(24)12-3-1-2-4-13(12)18(22)25/h1-4,6,8-9,11H,5,7H2. The quantitative estimate of drug-likeness (QED) is 0.475. The normalized spacial score (nSPS) is 14.6. The van der Waals surface area contributed by atoms with Crippen LogP contribution in [0.1, 0.15) is 32.7 Å². The van der Waals surface area contributed by atoms with Crippen LogP contribution >= 0.6 is 0 Å². The maximum Gasteiger partial charge on any atom is 0.261 e. The number of carbonyl (C=O) groups excluding carboxylic acids is 3. The monoisotopic (exact) mass is 347 g/mol. The number of hydrogen-bond acceptors (Lipinski definition) is 3. The van der Waals surface area contributed by atoms with E-state index in [9.17, 15) is 27.6 Å². The lowest BCUT2D eigenvalue weighted by Crippen LogP contribution is -2.41. The molecule has 0 saturated heterocycles. The summed E-state index contributed by atoms with van der Waals surface area (Å²) < 4.78 is 40.3. The molecule has 1 aliphatic rings. The predicted octanol–water partition coefficient (Wildman–Crippen LogP) is 2.90. The van der Waals surface area contributed by atoms with Crippen molar-refractivity contribution in [3.8, 4) is 0 Å². The lowest BCUT2D eigenvalue weighted by atomic mass is 10.0. The molecule has 128 valence electrons. The maximum absolute atomic E-state index is 13.9. The van der Waals surface area contributed by atoms with Gasteiger partial charge in [-0.1, -0.05) is 12.1 Å². The van der Waals surface area contributed by atoms with Crippen LogP contribution in [-0.2, 0) is 11.2 Å². The second-order valence-corrected chi connectivity index (χ2v) is 5.64. The highest BCUT2D eigenvalue weighted by molar-refractivity contribution is 6.21. The molecule has 2 aromatic carbocycles. The van der Waals surface area contributed by atoms with Crippen molar-refractivity contribution in [3.05, 3.63) is 70.5 Å². The second-order valence-electron chi connectivity index (χ2n) is 5.64. The lowest BCUT2D eigenvalue weighted by molar-refractivity contribution is -0.108. The molecule has 1 aliphatic heterocycles. The van der Waals surface area contributed by atoms with Crippen LogP contribution in [0.5, 0.6) is 0 Å². The van der Waals surface area contributed by atoms with Gasteiger partial charge in [0.15, 0.2) is 11.6 Å². The first-order valence-electron chi connectivity index (χ1n) is 7.48. The van der Waals surface area contributed by atoms with Crippen LogP contribution in [-0.4, -0.2) is 29.0 Å². The van der Waals surface area contributed by atoms with Gasteiger partial charge < -0.3 is 4.79 Å². The zero-order valence-corrected chi connectivity index (χ0v) is 12.8. The molecule has 0 aromatic heterocycles. The van der Waals surface area contributed by atoms with E-state index in [4.69, 9.17) is 0 Å². The Labute approximate surface area is 140 Å². The van der Waals surface area contributed by atoms with E-state index in [0.717, 1.165) is 4.90 Å². The average Bonchev–Trinajstić information content (AvgIpc) is 2.84.